The van der Waals surface area contributed by atoms with E-state index in [1.54, 1.807) is 31.7 Å². The number of hydrogen-bond acceptors (Lipinski definition) is 9. The van der Waals surface area contributed by atoms with Crippen molar-refractivity contribution in [1.82, 2.24) is 10.2 Å². The molecule has 2 heterocycles. The van der Waals surface area contributed by atoms with Gasteiger partial charge < -0.3 is 29.3 Å². The summed E-state index contributed by atoms with van der Waals surface area (Å²) in [6.45, 7) is 2.50. The van der Waals surface area contributed by atoms with E-state index in [2.05, 4.69) is 43.0 Å². The van der Waals surface area contributed by atoms with Crippen LogP contribution in [0.2, 0.25) is 0 Å². The summed E-state index contributed by atoms with van der Waals surface area (Å²) in [6.07, 6.45) is 9.31. The van der Waals surface area contributed by atoms with Gasteiger partial charge in [-0.05, 0) is 70.9 Å². The van der Waals surface area contributed by atoms with Gasteiger partial charge in [-0.25, -0.2) is 19.0 Å². The Labute approximate surface area is 286 Å². The van der Waals surface area contributed by atoms with Gasteiger partial charge in [-0.2, -0.15) is 0 Å². The summed E-state index contributed by atoms with van der Waals surface area (Å²) in [4.78, 5) is 38.2. The molecule has 5 rings (SSSR count). The number of rotatable bonds is 10. The number of allylic oxidation sites excluding steroid dienone is 3. The van der Waals surface area contributed by atoms with Gasteiger partial charge in [0.05, 0.1) is 31.7 Å². The second kappa shape index (κ2) is 15.4. The van der Waals surface area contributed by atoms with E-state index in [-0.39, 0.29) is 30.8 Å². The number of oxime groups is 1. The summed E-state index contributed by atoms with van der Waals surface area (Å²) < 4.78 is 32.6. The van der Waals surface area contributed by atoms with Crippen molar-refractivity contribution in [3.63, 3.8) is 0 Å². The number of esters is 2. The fourth-order valence-corrected chi connectivity index (χ4v) is 5.86. The molecule has 0 saturated carbocycles. The minimum absolute atomic E-state index is 0.0730. The second-order valence-electron chi connectivity index (χ2n) is 11.2. The maximum Gasteiger partial charge on any atom is 0.339 e. The number of carbonyl (C=O) groups excluding carboxylic acids is 2. The topological polar surface area (TPSA) is 111 Å². The van der Waals surface area contributed by atoms with Crippen molar-refractivity contribution < 1.29 is 33.0 Å². The van der Waals surface area contributed by atoms with Crippen molar-refractivity contribution in [2.75, 3.05) is 34.0 Å². The number of nitrogens with one attached hydrogen (secondary N) is 1. The third kappa shape index (κ3) is 7.58. The van der Waals surface area contributed by atoms with Crippen LogP contribution in [0.4, 0.5) is 10.1 Å². The Morgan fingerprint density at radius 1 is 1.21 bits per heavy atom. The van der Waals surface area contributed by atoms with Gasteiger partial charge in [-0.15, -0.1) is 0 Å². The molecule has 47 heavy (non-hydrogen) atoms. The fourth-order valence-electron chi connectivity index (χ4n) is 5.68. The summed E-state index contributed by atoms with van der Waals surface area (Å²) in [5.41, 5.74) is 3.41. The van der Waals surface area contributed by atoms with E-state index in [1.807, 2.05) is 41.4 Å². The molecule has 246 valence electrons. The predicted octanol–water partition coefficient (Wildman–Crippen LogP) is 6.67. The van der Waals surface area contributed by atoms with Gasteiger partial charge in [-0.1, -0.05) is 64.2 Å². The first-order valence-corrected chi connectivity index (χ1v) is 16.3. The number of aliphatic imine (C=N–C) groups is 1. The van der Waals surface area contributed by atoms with Crippen LogP contribution in [-0.2, 0) is 14.3 Å². The minimum Gasteiger partial charge on any atom is -0.494 e. The van der Waals surface area contributed by atoms with Gasteiger partial charge in [0.15, 0.2) is 5.84 Å². The molecule has 1 saturated heterocycles. The van der Waals surface area contributed by atoms with Gasteiger partial charge in [0, 0.05) is 18.7 Å². The van der Waals surface area contributed by atoms with Crippen molar-refractivity contribution in [3.8, 4) is 5.75 Å². The third-order valence-corrected chi connectivity index (χ3v) is 9.06. The van der Waals surface area contributed by atoms with Crippen LogP contribution in [0.15, 0.2) is 91.8 Å². The molecule has 2 unspecified atom stereocenters. The minimum atomic E-state index is -1.11. The van der Waals surface area contributed by atoms with Crippen molar-refractivity contribution in [1.29, 1.82) is 0 Å². The lowest BCUT2D eigenvalue weighted by molar-refractivity contribution is -0.0254. The number of amidine groups is 1. The van der Waals surface area contributed by atoms with Gasteiger partial charge in [0.1, 0.15) is 36.4 Å². The number of fused-ring (bicyclic) bond motifs is 1. The van der Waals surface area contributed by atoms with Crippen LogP contribution in [0.3, 0.4) is 0 Å². The van der Waals surface area contributed by atoms with Crippen LogP contribution in [0, 0.1) is 0 Å². The Kier molecular flexibility index (Phi) is 11.1. The Hall–Kier alpha value is -4.46. The first-order chi connectivity index (χ1) is 22.8. The molecule has 3 aliphatic rings. The van der Waals surface area contributed by atoms with E-state index in [4.69, 9.17) is 19.0 Å². The Bertz CT molecular complexity index is 1700. The van der Waals surface area contributed by atoms with E-state index < -0.39 is 23.6 Å². The molecule has 1 fully saturated rings. The zero-order chi connectivity index (χ0) is 33.4. The van der Waals surface area contributed by atoms with Gasteiger partial charge >= 0.3 is 11.9 Å². The molecular weight excluding hydrogens is 718 g/mol. The molecule has 0 aromatic heterocycles. The molecule has 0 bridgehead atoms. The van der Waals surface area contributed by atoms with Crippen molar-refractivity contribution in [2.45, 2.75) is 37.9 Å². The monoisotopic (exact) mass is 754 g/mol. The van der Waals surface area contributed by atoms with Crippen molar-refractivity contribution in [3.05, 3.63) is 98.3 Å². The molecule has 2 atom stereocenters. The second-order valence-corrected chi connectivity index (χ2v) is 11.8. The maximum atomic E-state index is 14.2. The van der Waals surface area contributed by atoms with Gasteiger partial charge in [-0.3, -0.25) is 0 Å². The van der Waals surface area contributed by atoms with Crippen molar-refractivity contribution >= 4 is 58.5 Å². The van der Waals surface area contributed by atoms with Crippen LogP contribution in [-0.4, -0.2) is 74.7 Å². The van der Waals surface area contributed by atoms with Crippen LogP contribution >= 0.6 is 22.6 Å². The van der Waals surface area contributed by atoms with E-state index in [9.17, 15) is 14.0 Å². The molecule has 10 nitrogen and oxygen atoms in total. The fraction of sp³-hybridized carbons (Fsp3) is 0.314. The summed E-state index contributed by atoms with van der Waals surface area (Å²) in [5.74, 6) is -0.111. The van der Waals surface area contributed by atoms with Gasteiger partial charge in [0.25, 0.3) is 0 Å². The first kappa shape index (κ1) is 33.9. The molecule has 12 heteroatoms. The number of halogens is 2. The Morgan fingerprint density at radius 2 is 2.00 bits per heavy atom. The third-order valence-electron chi connectivity index (χ3n) is 8.13. The molecular formula is C35H36FIN4O6. The number of piperidine rings is 1. The largest absolute Gasteiger partial charge is 0.494 e. The highest BCUT2D eigenvalue weighted by molar-refractivity contribution is 14.1. The standard InChI is InChI=1S/C35H36FIN4O6/c1-23(19-37)38-22-39-30-15-10-24(18-31(30)44-2)17-25-7-6-16-41-32(25)40-47-21-35(41,26-11-13-27(36)14-12-26)20-46-34(43)29-9-5-4-8-28(29)33(42)45-3/h4-5,8-13,15,17-19,22,27H,6-7,14,16,20-21H2,1-3H3,(H,38,39)/b23-19-,25-17+. The SMILES string of the molecule is COC(=O)c1ccccc1C(=O)OCC1(C2=CCC(F)C=C2)CON=C2/C(=C/c3ccc(N=CN/C(C)=C\I)c(OC)c3)CCCN21. The average molecular weight is 755 g/mol. The number of alkyl halides is 1. The molecule has 0 amide bonds. The summed E-state index contributed by atoms with van der Waals surface area (Å²) in [6, 6.07) is 12.1. The van der Waals surface area contributed by atoms with Crippen molar-refractivity contribution in [2.24, 2.45) is 10.1 Å². The normalized spacial score (nSPS) is 21.8. The quantitative estimate of drug-likeness (QED) is 0.124. The van der Waals surface area contributed by atoms with E-state index in [0.717, 1.165) is 35.2 Å². The summed E-state index contributed by atoms with van der Waals surface area (Å²) in [5, 5.41) is 7.57. The average Bonchev–Trinajstić information content (AvgIpc) is 3.11. The number of benzene rings is 2. The Morgan fingerprint density at radius 3 is 2.70 bits per heavy atom. The van der Waals surface area contributed by atoms with E-state index in [1.165, 1.54) is 25.3 Å². The highest BCUT2D eigenvalue weighted by Gasteiger charge is 2.48. The molecule has 2 aromatic rings. The zero-order valence-electron chi connectivity index (χ0n) is 26.4. The Balaban J connectivity index is 1.45. The summed E-state index contributed by atoms with van der Waals surface area (Å²) >= 11 is 2.16. The number of hydrogen-bond donors (Lipinski definition) is 1. The predicted molar refractivity (Wildman–Crippen MR) is 187 cm³/mol. The zero-order valence-corrected chi connectivity index (χ0v) is 28.5. The van der Waals surface area contributed by atoms with E-state index >= 15 is 0 Å². The molecule has 1 N–H and O–H groups in total. The van der Waals surface area contributed by atoms with Crippen LogP contribution in [0.25, 0.3) is 6.08 Å². The molecule has 2 aliphatic heterocycles. The number of carbonyl (C=O) groups is 2. The number of ether oxygens (including phenoxy) is 3. The van der Waals surface area contributed by atoms with Crippen LogP contribution in [0.1, 0.15) is 52.5 Å². The molecule has 1 aliphatic carbocycles. The lowest BCUT2D eigenvalue weighted by Crippen LogP contribution is -2.62. The highest BCUT2D eigenvalue weighted by atomic mass is 127. The molecule has 0 radical (unpaired) electrons. The smallest absolute Gasteiger partial charge is 0.339 e. The van der Waals surface area contributed by atoms with Crippen LogP contribution < -0.4 is 10.1 Å². The number of nitrogens with zero attached hydrogens (tertiary/aromatic N) is 3. The maximum absolute atomic E-state index is 14.2. The molecule has 0 spiro atoms. The van der Waals surface area contributed by atoms with E-state index in [0.29, 0.717) is 23.8 Å². The van der Waals surface area contributed by atoms with Crippen LogP contribution in [0.5, 0.6) is 5.75 Å². The highest BCUT2D eigenvalue weighted by Crippen LogP contribution is 2.39. The lowest BCUT2D eigenvalue weighted by Gasteiger charge is -2.49. The lowest BCUT2D eigenvalue weighted by atomic mass is 9.82. The molecule has 2 aromatic carbocycles. The summed E-state index contributed by atoms with van der Waals surface area (Å²) in [7, 11) is 2.85. The first-order valence-electron chi connectivity index (χ1n) is 15.1. The van der Waals surface area contributed by atoms with Gasteiger partial charge in [0.2, 0.25) is 0 Å². The number of methoxy groups -OCH3 is 2.